The number of fused-ring (bicyclic) bond motifs is 3. The number of hydrogen-bond acceptors (Lipinski definition) is 7. The van der Waals surface area contributed by atoms with Crippen LogP contribution in [0.4, 0.5) is 0 Å². The lowest BCUT2D eigenvalue weighted by Crippen LogP contribution is -2.45. The van der Waals surface area contributed by atoms with E-state index in [9.17, 15) is 29.7 Å². The van der Waals surface area contributed by atoms with Gasteiger partial charge in [-0.2, -0.15) is 0 Å². The monoisotopic (exact) mass is 367 g/mol. The first-order valence-electron chi connectivity index (χ1n) is 8.46. The summed E-state index contributed by atoms with van der Waals surface area (Å²) in [6.45, 7) is 1.34. The molecule has 0 fully saturated rings. The Morgan fingerprint density at radius 2 is 1.59 bits per heavy atom. The summed E-state index contributed by atoms with van der Waals surface area (Å²) in [4.78, 5) is 37.6. The number of phenols is 2. The van der Waals surface area contributed by atoms with Crippen LogP contribution in [0.3, 0.4) is 0 Å². The third kappa shape index (κ3) is 2.25. The zero-order valence-corrected chi connectivity index (χ0v) is 14.4. The van der Waals surface area contributed by atoms with Crippen LogP contribution in [0, 0.1) is 5.92 Å². The Bertz CT molecular complexity index is 1050. The molecule has 0 amide bonds. The summed E-state index contributed by atoms with van der Waals surface area (Å²) in [5.41, 5.74) is 3.13. The number of carbonyl (C=O) groups excluding carboxylic acids is 3. The normalized spacial score (nSPS) is 23.4. The number of aromatic hydroxyl groups is 2. The van der Waals surface area contributed by atoms with Crippen LogP contribution in [0.15, 0.2) is 24.3 Å². The number of rotatable bonds is 1. The summed E-state index contributed by atoms with van der Waals surface area (Å²) < 4.78 is 0. The molecule has 138 valence electrons. The van der Waals surface area contributed by atoms with Crippen LogP contribution in [0.5, 0.6) is 11.5 Å². The number of carbonyl (C=O) groups is 3. The molecular formula is C20H17NO6. The van der Waals surface area contributed by atoms with E-state index >= 15 is 0 Å². The molecule has 5 N–H and O–H groups in total. The Morgan fingerprint density at radius 3 is 2.11 bits per heavy atom. The molecule has 0 unspecified atom stereocenters. The molecule has 0 saturated carbocycles. The third-order valence-corrected chi connectivity index (χ3v) is 5.43. The van der Waals surface area contributed by atoms with Crippen LogP contribution in [-0.2, 0) is 16.9 Å². The number of ketones is 3. The molecule has 0 saturated heterocycles. The number of Topliss-reactive ketones (excluding diaryl/α,β-unsaturated/α-hetero) is 1. The Balaban J connectivity index is 2.06. The van der Waals surface area contributed by atoms with Gasteiger partial charge in [-0.1, -0.05) is 24.3 Å². The van der Waals surface area contributed by atoms with Gasteiger partial charge in [-0.15, -0.1) is 0 Å². The molecule has 7 nitrogen and oxygen atoms in total. The molecular weight excluding hydrogens is 350 g/mol. The van der Waals surface area contributed by atoms with Crippen LogP contribution < -0.4 is 5.73 Å². The predicted octanol–water partition coefficient (Wildman–Crippen LogP) is 1.13. The van der Waals surface area contributed by atoms with Crippen molar-refractivity contribution in [3.8, 4) is 11.5 Å². The van der Waals surface area contributed by atoms with Gasteiger partial charge in [0.25, 0.3) is 0 Å². The zero-order valence-electron chi connectivity index (χ0n) is 14.4. The summed E-state index contributed by atoms with van der Waals surface area (Å²) in [7, 11) is 0. The molecule has 2 atom stereocenters. The van der Waals surface area contributed by atoms with Crippen LogP contribution in [0.25, 0.3) is 0 Å². The van der Waals surface area contributed by atoms with Crippen molar-refractivity contribution in [2.75, 3.05) is 0 Å². The van der Waals surface area contributed by atoms with Crippen molar-refractivity contribution in [2.24, 2.45) is 11.7 Å². The van der Waals surface area contributed by atoms with Gasteiger partial charge in [-0.3, -0.25) is 20.1 Å². The quantitative estimate of drug-likeness (QED) is 0.373. The van der Waals surface area contributed by atoms with E-state index in [0.29, 0.717) is 0 Å². The molecule has 2 aromatic carbocycles. The highest BCUT2D eigenvalue weighted by Crippen LogP contribution is 2.49. The second-order valence-electron chi connectivity index (χ2n) is 7.14. The topological polar surface area (TPSA) is 138 Å². The van der Waals surface area contributed by atoms with Crippen LogP contribution in [0.2, 0.25) is 0 Å². The van der Waals surface area contributed by atoms with Crippen LogP contribution in [-0.4, -0.2) is 32.7 Å². The zero-order chi connectivity index (χ0) is 19.7. The maximum absolute atomic E-state index is 12.9. The fraction of sp³-hybridized carbons (Fsp3) is 0.250. The fourth-order valence-corrected chi connectivity index (χ4v) is 4.11. The molecule has 7 heteroatoms. The largest absolute Gasteiger partial charge is 0.507 e. The number of phenolic OH excluding ortho intramolecular Hbond substituents is 2. The van der Waals surface area contributed by atoms with Gasteiger partial charge in [-0.25, -0.2) is 0 Å². The summed E-state index contributed by atoms with van der Waals surface area (Å²) in [5.74, 6) is -3.33. The Morgan fingerprint density at radius 1 is 1.07 bits per heavy atom. The van der Waals surface area contributed by atoms with E-state index in [0.717, 1.165) is 0 Å². The van der Waals surface area contributed by atoms with E-state index in [1.165, 1.54) is 19.1 Å². The van der Waals surface area contributed by atoms with E-state index in [-0.39, 0.29) is 52.0 Å². The minimum atomic E-state index is -2.12. The maximum Gasteiger partial charge on any atom is 0.198 e. The third-order valence-electron chi connectivity index (χ3n) is 5.43. The SMILES string of the molecule is CC(=O)[C@@H]1Cc2c(O)c3c(c(O)c2[C@](N)(O)C1)C(=O)c1ccccc1C3=O. The van der Waals surface area contributed by atoms with Gasteiger partial charge in [0.05, 0.1) is 11.1 Å². The first-order valence-corrected chi connectivity index (χ1v) is 8.46. The van der Waals surface area contributed by atoms with Crippen molar-refractivity contribution in [3.05, 3.63) is 57.6 Å². The van der Waals surface area contributed by atoms with Crippen LogP contribution >= 0.6 is 0 Å². The molecule has 0 radical (unpaired) electrons. The molecule has 2 aliphatic rings. The Hall–Kier alpha value is -3.03. The molecule has 2 aromatic rings. The molecule has 0 spiro atoms. The van der Waals surface area contributed by atoms with Gasteiger partial charge in [0.2, 0.25) is 0 Å². The van der Waals surface area contributed by atoms with E-state index in [1.54, 1.807) is 12.1 Å². The Kier molecular flexibility index (Phi) is 3.53. The lowest BCUT2D eigenvalue weighted by Gasteiger charge is -2.37. The molecule has 0 aliphatic heterocycles. The standard InChI is InChI=1S/C20H17NO6/c1-8(22)9-6-12-15(20(21,27)7-9)19(26)14-13(18(12)25)16(23)10-4-2-3-5-11(10)17(14)24/h2-5,9,25-27H,6-7,21H2,1H3/t9-,20-/m1/s1. The number of hydrogen-bond donors (Lipinski definition) is 4. The molecule has 2 aliphatic carbocycles. The highest BCUT2D eigenvalue weighted by molar-refractivity contribution is 6.30. The molecule has 27 heavy (non-hydrogen) atoms. The number of benzene rings is 2. The van der Waals surface area contributed by atoms with Gasteiger partial charge in [0, 0.05) is 34.6 Å². The first-order chi connectivity index (χ1) is 12.6. The van der Waals surface area contributed by atoms with E-state index < -0.39 is 34.7 Å². The summed E-state index contributed by atoms with van der Waals surface area (Å²) in [6.07, 6.45) is -0.167. The Labute approximate surface area is 154 Å². The number of aliphatic hydroxyl groups is 1. The van der Waals surface area contributed by atoms with E-state index in [4.69, 9.17) is 5.73 Å². The van der Waals surface area contributed by atoms with Gasteiger partial charge in [0.1, 0.15) is 23.0 Å². The van der Waals surface area contributed by atoms with Gasteiger partial charge >= 0.3 is 0 Å². The van der Waals surface area contributed by atoms with Gasteiger partial charge in [-0.05, 0) is 13.3 Å². The van der Waals surface area contributed by atoms with Crippen molar-refractivity contribution in [1.82, 2.24) is 0 Å². The molecule has 4 rings (SSSR count). The van der Waals surface area contributed by atoms with Crippen molar-refractivity contribution in [2.45, 2.75) is 25.5 Å². The minimum Gasteiger partial charge on any atom is -0.507 e. The van der Waals surface area contributed by atoms with Crippen molar-refractivity contribution in [1.29, 1.82) is 0 Å². The van der Waals surface area contributed by atoms with Gasteiger partial charge in [0.15, 0.2) is 11.6 Å². The average Bonchev–Trinajstić information content (AvgIpc) is 2.61. The first kappa shape index (κ1) is 17.4. The van der Waals surface area contributed by atoms with Crippen molar-refractivity contribution < 1.29 is 29.7 Å². The van der Waals surface area contributed by atoms with E-state index in [2.05, 4.69) is 0 Å². The van der Waals surface area contributed by atoms with Crippen LogP contribution in [0.1, 0.15) is 56.3 Å². The summed E-state index contributed by atoms with van der Waals surface area (Å²) in [6, 6.07) is 6.09. The lowest BCUT2D eigenvalue weighted by molar-refractivity contribution is -0.124. The molecule has 0 heterocycles. The number of nitrogens with two attached hydrogens (primary N) is 1. The fourth-order valence-electron chi connectivity index (χ4n) is 4.11. The van der Waals surface area contributed by atoms with Crippen molar-refractivity contribution >= 4 is 17.3 Å². The highest BCUT2D eigenvalue weighted by atomic mass is 16.3. The van der Waals surface area contributed by atoms with E-state index in [1.807, 2.05) is 0 Å². The summed E-state index contributed by atoms with van der Waals surface area (Å²) >= 11 is 0. The smallest absolute Gasteiger partial charge is 0.198 e. The minimum absolute atomic E-state index is 0.0000324. The average molecular weight is 367 g/mol. The predicted molar refractivity (Wildman–Crippen MR) is 93.7 cm³/mol. The van der Waals surface area contributed by atoms with Crippen molar-refractivity contribution in [3.63, 3.8) is 0 Å². The molecule has 0 aromatic heterocycles. The second-order valence-corrected chi connectivity index (χ2v) is 7.14. The van der Waals surface area contributed by atoms with Gasteiger partial charge < -0.3 is 15.3 Å². The summed E-state index contributed by atoms with van der Waals surface area (Å²) in [5, 5.41) is 32.2. The maximum atomic E-state index is 12.9. The highest BCUT2D eigenvalue weighted by Gasteiger charge is 2.46. The lowest BCUT2D eigenvalue weighted by atomic mass is 9.72. The second kappa shape index (κ2) is 5.48. The molecule has 0 bridgehead atoms.